The van der Waals surface area contributed by atoms with E-state index in [1.807, 2.05) is 25.1 Å². The summed E-state index contributed by atoms with van der Waals surface area (Å²) in [5.41, 5.74) is 2.70. The fraction of sp³-hybridized carbons (Fsp3) is 0.200. The molecule has 0 aliphatic heterocycles. The molecule has 0 unspecified atom stereocenters. The second kappa shape index (κ2) is 5.73. The van der Waals surface area contributed by atoms with Crippen molar-refractivity contribution in [3.05, 3.63) is 47.9 Å². The molecule has 0 saturated carbocycles. The lowest BCUT2D eigenvalue weighted by Gasteiger charge is -2.06. The van der Waals surface area contributed by atoms with Gasteiger partial charge in [0.2, 0.25) is 0 Å². The number of imidazole rings is 1. The molecule has 0 fully saturated rings. The predicted octanol–water partition coefficient (Wildman–Crippen LogP) is 2.96. The number of fused-ring (bicyclic) bond motifs is 1. The van der Waals surface area contributed by atoms with Crippen molar-refractivity contribution >= 4 is 32.8 Å². The smallest absolute Gasteiger partial charge is 0.177 e. The van der Waals surface area contributed by atoms with E-state index in [0.717, 1.165) is 21.8 Å². The molecule has 0 bridgehead atoms. The number of hydrogen-bond donors (Lipinski definition) is 1. The highest BCUT2D eigenvalue weighted by atomic mass is 32.2. The zero-order valence-corrected chi connectivity index (χ0v) is 13.8. The fourth-order valence-corrected chi connectivity index (χ4v) is 4.38. The van der Waals surface area contributed by atoms with Crippen LogP contribution in [-0.2, 0) is 15.6 Å². The van der Waals surface area contributed by atoms with E-state index in [9.17, 15) is 8.42 Å². The molecule has 0 radical (unpaired) electrons. The highest BCUT2D eigenvalue weighted by Gasteiger charge is 2.14. The average molecular weight is 333 g/mol. The third-order valence-corrected chi connectivity index (χ3v) is 5.63. The summed E-state index contributed by atoms with van der Waals surface area (Å²) in [6.45, 7) is 2.00. The maximum Gasteiger partial charge on any atom is 0.177 e. The van der Waals surface area contributed by atoms with Crippen LogP contribution in [0.2, 0.25) is 0 Å². The van der Waals surface area contributed by atoms with Gasteiger partial charge in [-0.25, -0.2) is 18.4 Å². The van der Waals surface area contributed by atoms with Crippen molar-refractivity contribution in [1.82, 2.24) is 15.0 Å². The summed E-state index contributed by atoms with van der Waals surface area (Å²) < 4.78 is 23.6. The van der Waals surface area contributed by atoms with E-state index in [-0.39, 0.29) is 0 Å². The molecule has 1 aromatic carbocycles. The van der Waals surface area contributed by atoms with E-state index >= 15 is 0 Å². The lowest BCUT2D eigenvalue weighted by atomic mass is 10.3. The van der Waals surface area contributed by atoms with Crippen LogP contribution in [-0.4, -0.2) is 29.6 Å². The number of nitrogens with one attached hydrogen (secondary N) is 1. The Hall–Kier alpha value is -1.86. The zero-order chi connectivity index (χ0) is 15.7. The van der Waals surface area contributed by atoms with Crippen LogP contribution < -0.4 is 0 Å². The minimum Gasteiger partial charge on any atom is -0.340 e. The van der Waals surface area contributed by atoms with Gasteiger partial charge in [-0.15, -0.1) is 11.8 Å². The maximum atomic E-state index is 11.8. The number of hydrogen-bond acceptors (Lipinski definition) is 5. The summed E-state index contributed by atoms with van der Waals surface area (Å²) >= 11 is 1.45. The van der Waals surface area contributed by atoms with Gasteiger partial charge >= 0.3 is 0 Å². The molecule has 3 aromatic rings. The van der Waals surface area contributed by atoms with Gasteiger partial charge in [0.25, 0.3) is 0 Å². The Kier molecular flexibility index (Phi) is 3.92. The van der Waals surface area contributed by atoms with Gasteiger partial charge in [0, 0.05) is 17.3 Å². The van der Waals surface area contributed by atoms with Crippen LogP contribution in [0.25, 0.3) is 11.2 Å². The molecule has 1 N–H and O–H groups in total. The van der Waals surface area contributed by atoms with Crippen molar-refractivity contribution in [3.8, 4) is 0 Å². The van der Waals surface area contributed by atoms with E-state index in [0.29, 0.717) is 16.3 Å². The fourth-order valence-electron chi connectivity index (χ4n) is 2.17. The minimum atomic E-state index is -3.23. The summed E-state index contributed by atoms with van der Waals surface area (Å²) in [5, 5.41) is 0. The highest BCUT2D eigenvalue weighted by molar-refractivity contribution is 7.99. The van der Waals surface area contributed by atoms with Crippen molar-refractivity contribution in [1.29, 1.82) is 0 Å². The minimum absolute atomic E-state index is 0.352. The summed E-state index contributed by atoms with van der Waals surface area (Å²) in [6.07, 6.45) is 2.95. The van der Waals surface area contributed by atoms with Crippen LogP contribution >= 0.6 is 11.8 Å². The number of aromatic nitrogens is 3. The quantitative estimate of drug-likeness (QED) is 0.743. The molecule has 0 spiro atoms. The number of sulfone groups is 1. The normalized spacial score (nSPS) is 11.9. The predicted molar refractivity (Wildman–Crippen MR) is 87.7 cm³/mol. The number of aromatic amines is 1. The van der Waals surface area contributed by atoms with Gasteiger partial charge in [-0.3, -0.25) is 0 Å². The summed E-state index contributed by atoms with van der Waals surface area (Å²) in [6, 6.07) is 8.93. The van der Waals surface area contributed by atoms with Gasteiger partial charge in [-0.2, -0.15) is 0 Å². The van der Waals surface area contributed by atoms with Crippen LogP contribution in [0, 0.1) is 6.92 Å². The Morgan fingerprint density at radius 1 is 1.23 bits per heavy atom. The molecule has 0 saturated heterocycles. The number of nitrogens with zero attached hydrogens (tertiary/aromatic N) is 2. The Bertz CT molecular complexity index is 933. The number of aryl methyl sites for hydroxylation is 1. The Labute approximate surface area is 133 Å². The molecule has 0 aliphatic carbocycles. The first-order valence-corrected chi connectivity index (χ1v) is 9.55. The number of benzene rings is 1. The van der Waals surface area contributed by atoms with Gasteiger partial charge < -0.3 is 4.98 Å². The third kappa shape index (κ3) is 3.00. The lowest BCUT2D eigenvalue weighted by molar-refractivity contribution is 0.600. The van der Waals surface area contributed by atoms with Crippen LogP contribution in [0.3, 0.4) is 0 Å². The van der Waals surface area contributed by atoms with E-state index in [1.165, 1.54) is 18.0 Å². The van der Waals surface area contributed by atoms with E-state index in [4.69, 9.17) is 0 Å². The number of H-pyrrole nitrogens is 1. The van der Waals surface area contributed by atoms with Crippen molar-refractivity contribution in [3.63, 3.8) is 0 Å². The average Bonchev–Trinajstić information content (AvgIpc) is 2.89. The molecule has 5 nitrogen and oxygen atoms in total. The SMILES string of the molecule is Cc1ccnc2nc(CSc3ccccc3S(C)(=O)=O)[nH]c12. The highest BCUT2D eigenvalue weighted by Crippen LogP contribution is 2.29. The molecular formula is C15H15N3O2S2. The van der Waals surface area contributed by atoms with E-state index in [2.05, 4.69) is 15.0 Å². The molecule has 22 heavy (non-hydrogen) atoms. The molecule has 114 valence electrons. The molecule has 7 heteroatoms. The number of thioether (sulfide) groups is 1. The van der Waals surface area contributed by atoms with Gasteiger partial charge in [0.05, 0.1) is 16.2 Å². The van der Waals surface area contributed by atoms with Gasteiger partial charge in [-0.1, -0.05) is 12.1 Å². The summed E-state index contributed by atoms with van der Waals surface area (Å²) in [4.78, 5) is 13.0. The Morgan fingerprint density at radius 3 is 2.73 bits per heavy atom. The van der Waals surface area contributed by atoms with Crippen molar-refractivity contribution in [2.24, 2.45) is 0 Å². The molecule has 3 rings (SSSR count). The lowest BCUT2D eigenvalue weighted by Crippen LogP contribution is -1.99. The molecule has 0 amide bonds. The summed E-state index contributed by atoms with van der Waals surface area (Å²) in [5.74, 6) is 1.34. The standard InChI is InChI=1S/C15H15N3O2S2/c1-10-7-8-16-15-14(10)17-13(18-15)9-21-11-5-3-4-6-12(11)22(2,19)20/h3-8H,9H2,1-2H3,(H,16,17,18). The first-order chi connectivity index (χ1) is 10.4. The topological polar surface area (TPSA) is 75.7 Å². The largest absolute Gasteiger partial charge is 0.340 e. The molecule has 0 aliphatic rings. The van der Waals surface area contributed by atoms with Crippen LogP contribution in [0.4, 0.5) is 0 Å². The van der Waals surface area contributed by atoms with Crippen LogP contribution in [0.5, 0.6) is 0 Å². The second-order valence-corrected chi connectivity index (χ2v) is 8.02. The molecule has 2 heterocycles. The molecule has 0 atom stereocenters. The third-order valence-electron chi connectivity index (χ3n) is 3.26. The Balaban J connectivity index is 1.87. The van der Waals surface area contributed by atoms with Crippen molar-refractivity contribution in [2.75, 3.05) is 6.26 Å². The Morgan fingerprint density at radius 2 is 2.00 bits per heavy atom. The summed E-state index contributed by atoms with van der Waals surface area (Å²) in [7, 11) is -3.23. The van der Waals surface area contributed by atoms with Crippen LogP contribution in [0.1, 0.15) is 11.4 Å². The zero-order valence-electron chi connectivity index (χ0n) is 12.2. The van der Waals surface area contributed by atoms with E-state index < -0.39 is 9.84 Å². The van der Waals surface area contributed by atoms with Gasteiger partial charge in [0.15, 0.2) is 15.5 Å². The van der Waals surface area contributed by atoms with Gasteiger partial charge in [0.1, 0.15) is 5.82 Å². The van der Waals surface area contributed by atoms with Crippen molar-refractivity contribution < 1.29 is 8.42 Å². The second-order valence-electron chi connectivity index (χ2n) is 5.02. The molecular weight excluding hydrogens is 318 g/mol. The monoisotopic (exact) mass is 333 g/mol. The van der Waals surface area contributed by atoms with Crippen molar-refractivity contribution in [2.45, 2.75) is 22.5 Å². The van der Waals surface area contributed by atoms with E-state index in [1.54, 1.807) is 18.3 Å². The first-order valence-electron chi connectivity index (χ1n) is 6.67. The molecule has 2 aromatic heterocycles. The maximum absolute atomic E-state index is 11.8. The van der Waals surface area contributed by atoms with Crippen LogP contribution in [0.15, 0.2) is 46.3 Å². The number of pyridine rings is 1. The number of rotatable bonds is 4. The van der Waals surface area contributed by atoms with Gasteiger partial charge in [-0.05, 0) is 30.7 Å². The first kappa shape index (κ1) is 15.1.